The predicted molar refractivity (Wildman–Crippen MR) is 77.6 cm³/mol. The van der Waals surface area contributed by atoms with Crippen molar-refractivity contribution in [1.29, 1.82) is 0 Å². The number of nitrogens with zero attached hydrogens (tertiary/aromatic N) is 1. The molecule has 1 aromatic heterocycles. The number of rotatable bonds is 3. The smallest absolute Gasteiger partial charge is 0.288 e. The number of oxazole rings is 1. The molecule has 7 heteroatoms. The molecule has 0 aliphatic carbocycles. The molecule has 0 bridgehead atoms. The van der Waals surface area contributed by atoms with Crippen molar-refractivity contribution in [2.75, 3.05) is 11.5 Å². The van der Waals surface area contributed by atoms with Crippen LogP contribution in [0.1, 0.15) is 20.8 Å². The summed E-state index contributed by atoms with van der Waals surface area (Å²) in [6.45, 7) is 5.57. The Labute approximate surface area is 119 Å². The molecule has 3 N–H and O–H groups in total. The molecule has 1 atom stereocenters. The van der Waals surface area contributed by atoms with Crippen LogP contribution in [0.15, 0.2) is 27.8 Å². The summed E-state index contributed by atoms with van der Waals surface area (Å²) in [6, 6.07) is 4.97. The number of nitrogen functional groups attached to an aromatic ring is 1. The molecule has 2 aromatic rings. The molecule has 6 nitrogen and oxygen atoms in total. The van der Waals surface area contributed by atoms with E-state index in [0.29, 0.717) is 16.8 Å². The number of hydrogen-bond donors (Lipinski definition) is 2. The van der Waals surface area contributed by atoms with Gasteiger partial charge in [-0.3, -0.25) is 4.79 Å². The Balaban J connectivity index is 2.13. The highest BCUT2D eigenvalue weighted by molar-refractivity contribution is 7.85. The largest absolute Gasteiger partial charge is 0.430 e. The van der Waals surface area contributed by atoms with Crippen LogP contribution >= 0.6 is 0 Å². The third kappa shape index (κ3) is 3.57. The molecule has 0 spiro atoms. The van der Waals surface area contributed by atoms with Gasteiger partial charge in [-0.25, -0.2) is 9.19 Å². The molecule has 108 valence electrons. The van der Waals surface area contributed by atoms with E-state index in [2.05, 4.69) is 10.3 Å². The van der Waals surface area contributed by atoms with E-state index in [1.807, 2.05) is 20.8 Å². The summed E-state index contributed by atoms with van der Waals surface area (Å²) in [7, 11) is -1.62. The molecule has 1 amide bonds. The Bertz CT molecular complexity index is 673. The van der Waals surface area contributed by atoms with E-state index in [-0.39, 0.29) is 22.4 Å². The first-order chi connectivity index (χ1) is 9.24. The Morgan fingerprint density at radius 1 is 1.45 bits per heavy atom. The monoisotopic (exact) mass is 295 g/mol. The fraction of sp³-hybridized carbons (Fsp3) is 0.385. The normalized spacial score (nSPS) is 13.3. The van der Waals surface area contributed by atoms with Crippen LogP contribution < -0.4 is 11.1 Å². The van der Waals surface area contributed by atoms with Crippen molar-refractivity contribution in [2.45, 2.75) is 31.5 Å². The maximum absolute atomic E-state index is 12.1. The minimum absolute atomic E-state index is 0.0367. The zero-order valence-electron chi connectivity index (χ0n) is 11.6. The molecule has 1 heterocycles. The molecule has 0 saturated heterocycles. The number of carbonyl (C=O) groups excluding carboxylic acids is 1. The van der Waals surface area contributed by atoms with Gasteiger partial charge in [0.2, 0.25) is 5.91 Å². The second kappa shape index (κ2) is 5.24. The fourth-order valence-electron chi connectivity index (χ4n) is 1.66. The number of hydrogen-bond acceptors (Lipinski definition) is 5. The van der Waals surface area contributed by atoms with E-state index < -0.39 is 10.8 Å². The summed E-state index contributed by atoms with van der Waals surface area (Å²) < 4.78 is 17.4. The Hall–Kier alpha value is -1.89. The molecule has 0 aliphatic rings. The van der Waals surface area contributed by atoms with Gasteiger partial charge in [-0.2, -0.15) is 0 Å². The summed E-state index contributed by atoms with van der Waals surface area (Å²) >= 11 is 0. The van der Waals surface area contributed by atoms with Crippen molar-refractivity contribution in [1.82, 2.24) is 10.3 Å². The van der Waals surface area contributed by atoms with Crippen molar-refractivity contribution in [2.24, 2.45) is 0 Å². The molecule has 1 aromatic carbocycles. The van der Waals surface area contributed by atoms with Gasteiger partial charge in [-0.1, -0.05) is 0 Å². The predicted octanol–water partition coefficient (Wildman–Crippen LogP) is 1.43. The van der Waals surface area contributed by atoms with E-state index in [9.17, 15) is 9.00 Å². The number of amides is 1. The summed E-state index contributed by atoms with van der Waals surface area (Å²) in [4.78, 5) is 15.8. The van der Waals surface area contributed by atoms with Gasteiger partial charge in [0.25, 0.3) is 5.22 Å². The fourth-order valence-corrected chi connectivity index (χ4v) is 2.47. The highest BCUT2D eigenvalue weighted by Gasteiger charge is 2.20. The Kier molecular flexibility index (Phi) is 3.80. The number of aromatic nitrogens is 1. The minimum Gasteiger partial charge on any atom is -0.430 e. The number of nitrogens with one attached hydrogen (secondary N) is 1. The number of nitrogens with two attached hydrogens (primary N) is 1. The van der Waals surface area contributed by atoms with E-state index in [1.54, 1.807) is 18.2 Å². The van der Waals surface area contributed by atoms with Crippen molar-refractivity contribution in [3.63, 3.8) is 0 Å². The SMILES string of the molecule is CC(C)(C)NC(=O)CS(=O)c1nc2cc(N)ccc2o1. The van der Waals surface area contributed by atoms with E-state index in [1.165, 1.54) is 0 Å². The molecule has 0 aliphatic heterocycles. The average Bonchev–Trinajstić information content (AvgIpc) is 2.68. The Morgan fingerprint density at radius 3 is 2.80 bits per heavy atom. The Morgan fingerprint density at radius 2 is 2.15 bits per heavy atom. The highest BCUT2D eigenvalue weighted by atomic mass is 32.2. The molecular weight excluding hydrogens is 278 g/mol. The van der Waals surface area contributed by atoms with E-state index >= 15 is 0 Å². The number of anilines is 1. The number of benzene rings is 1. The van der Waals surface area contributed by atoms with Crippen molar-refractivity contribution in [3.05, 3.63) is 18.2 Å². The maximum atomic E-state index is 12.1. The molecule has 0 fully saturated rings. The zero-order chi connectivity index (χ0) is 14.9. The lowest BCUT2D eigenvalue weighted by Gasteiger charge is -2.19. The van der Waals surface area contributed by atoms with Crippen molar-refractivity contribution in [3.8, 4) is 0 Å². The van der Waals surface area contributed by atoms with Gasteiger partial charge >= 0.3 is 0 Å². The third-order valence-corrected chi connectivity index (χ3v) is 3.45. The van der Waals surface area contributed by atoms with Gasteiger partial charge < -0.3 is 15.5 Å². The second-order valence-electron chi connectivity index (χ2n) is 5.49. The van der Waals surface area contributed by atoms with Crippen LogP contribution in [0.5, 0.6) is 0 Å². The van der Waals surface area contributed by atoms with E-state index in [4.69, 9.17) is 10.2 Å². The first-order valence-electron chi connectivity index (χ1n) is 6.10. The van der Waals surface area contributed by atoms with Crippen molar-refractivity contribution >= 4 is 33.5 Å². The molecule has 2 rings (SSSR count). The summed E-state index contributed by atoms with van der Waals surface area (Å²) in [5, 5.41) is 2.78. The lowest BCUT2D eigenvalue weighted by Crippen LogP contribution is -2.42. The second-order valence-corrected chi connectivity index (χ2v) is 6.82. The first kappa shape index (κ1) is 14.5. The molecule has 20 heavy (non-hydrogen) atoms. The van der Waals surface area contributed by atoms with Gasteiger partial charge in [0.15, 0.2) is 5.58 Å². The summed E-state index contributed by atoms with van der Waals surface area (Å²) in [5.74, 6) is -0.489. The standard InChI is InChI=1S/C13H17N3O3S/c1-13(2,3)16-11(17)7-20(18)12-15-9-6-8(14)4-5-10(9)19-12/h4-6H,7,14H2,1-3H3,(H,16,17). The topological polar surface area (TPSA) is 98.2 Å². The van der Waals surface area contributed by atoms with Crippen LogP contribution in [-0.2, 0) is 15.6 Å². The molecule has 0 radical (unpaired) electrons. The van der Waals surface area contributed by atoms with Crippen LogP contribution in [0.2, 0.25) is 0 Å². The third-order valence-electron chi connectivity index (χ3n) is 2.36. The molecule has 1 unspecified atom stereocenters. The van der Waals surface area contributed by atoms with Crippen LogP contribution in [0.3, 0.4) is 0 Å². The van der Waals surface area contributed by atoms with Gasteiger partial charge in [-0.15, -0.1) is 0 Å². The lowest BCUT2D eigenvalue weighted by molar-refractivity contribution is -0.119. The van der Waals surface area contributed by atoms with E-state index in [0.717, 1.165) is 0 Å². The highest BCUT2D eigenvalue weighted by Crippen LogP contribution is 2.20. The van der Waals surface area contributed by atoms with Gasteiger partial charge in [0, 0.05) is 11.2 Å². The quantitative estimate of drug-likeness (QED) is 0.835. The molecule has 0 saturated carbocycles. The van der Waals surface area contributed by atoms with Crippen LogP contribution in [-0.4, -0.2) is 26.4 Å². The van der Waals surface area contributed by atoms with Gasteiger partial charge in [0.1, 0.15) is 22.1 Å². The minimum atomic E-state index is -1.62. The van der Waals surface area contributed by atoms with Gasteiger partial charge in [-0.05, 0) is 39.0 Å². The van der Waals surface area contributed by atoms with Crippen LogP contribution in [0.25, 0.3) is 11.1 Å². The van der Waals surface area contributed by atoms with Crippen molar-refractivity contribution < 1.29 is 13.4 Å². The number of carbonyl (C=O) groups is 1. The van der Waals surface area contributed by atoms with Crippen LogP contribution in [0, 0.1) is 0 Å². The first-order valence-corrected chi connectivity index (χ1v) is 7.42. The molecular formula is C13H17N3O3S. The van der Waals surface area contributed by atoms with Crippen LogP contribution in [0.4, 0.5) is 5.69 Å². The van der Waals surface area contributed by atoms with Gasteiger partial charge in [0.05, 0.1) is 0 Å². The maximum Gasteiger partial charge on any atom is 0.288 e. The lowest BCUT2D eigenvalue weighted by atomic mass is 10.1. The zero-order valence-corrected chi connectivity index (χ0v) is 12.4. The summed E-state index contributed by atoms with van der Waals surface area (Å²) in [6.07, 6.45) is 0. The average molecular weight is 295 g/mol. The summed E-state index contributed by atoms with van der Waals surface area (Å²) in [5.41, 5.74) is 6.85. The number of fused-ring (bicyclic) bond motifs is 1.